The summed E-state index contributed by atoms with van der Waals surface area (Å²) in [6.45, 7) is 6.67. The van der Waals surface area contributed by atoms with Crippen molar-refractivity contribution in [2.45, 2.75) is 38.6 Å². The van der Waals surface area contributed by atoms with Gasteiger partial charge < -0.3 is 10.0 Å². The third-order valence-corrected chi connectivity index (χ3v) is 4.76. The van der Waals surface area contributed by atoms with Crippen molar-refractivity contribution in [1.82, 2.24) is 14.9 Å². The van der Waals surface area contributed by atoms with E-state index < -0.39 is 5.97 Å². The van der Waals surface area contributed by atoms with Crippen LogP contribution in [0.1, 0.15) is 48.7 Å². The smallest absolute Gasteiger partial charge is 0.335 e. The predicted molar refractivity (Wildman–Crippen MR) is 93.1 cm³/mol. The first kappa shape index (κ1) is 16.6. The maximum Gasteiger partial charge on any atom is 0.335 e. The first-order chi connectivity index (χ1) is 11.5. The maximum absolute atomic E-state index is 11.0. The molecule has 0 unspecified atom stereocenters. The molecule has 1 aromatic heterocycles. The highest BCUT2D eigenvalue weighted by Gasteiger charge is 2.23. The molecule has 1 aliphatic heterocycles. The summed E-state index contributed by atoms with van der Waals surface area (Å²) in [7, 11) is 0. The Morgan fingerprint density at radius 2 is 1.83 bits per heavy atom. The summed E-state index contributed by atoms with van der Waals surface area (Å²) in [5.74, 6) is -0.468. The Hall–Kier alpha value is -2.27. The first-order valence-corrected chi connectivity index (χ1v) is 8.44. The lowest BCUT2D eigenvalue weighted by Crippen LogP contribution is -2.38. The second-order valence-electron chi connectivity index (χ2n) is 6.62. The lowest BCUT2D eigenvalue weighted by molar-refractivity contribution is 0.0697. The highest BCUT2D eigenvalue weighted by Crippen LogP contribution is 2.28. The van der Waals surface area contributed by atoms with Crippen LogP contribution in [0.2, 0.25) is 0 Å². The molecule has 1 aromatic carbocycles. The molecule has 3 rings (SSSR count). The van der Waals surface area contributed by atoms with Crippen LogP contribution in [0, 0.1) is 0 Å². The van der Waals surface area contributed by atoms with Gasteiger partial charge in [-0.15, -0.1) is 0 Å². The summed E-state index contributed by atoms with van der Waals surface area (Å²) in [5, 5.41) is 8.99. The minimum absolute atomic E-state index is 0.281. The average Bonchev–Trinajstić information content (AvgIpc) is 2.62. The van der Waals surface area contributed by atoms with Crippen molar-refractivity contribution in [2.24, 2.45) is 0 Å². The van der Waals surface area contributed by atoms with E-state index in [1.807, 2.05) is 6.20 Å². The molecule has 5 nitrogen and oxygen atoms in total. The van der Waals surface area contributed by atoms with E-state index in [9.17, 15) is 4.79 Å². The summed E-state index contributed by atoms with van der Waals surface area (Å²) < 4.78 is 0. The zero-order valence-corrected chi connectivity index (χ0v) is 14.1. The zero-order chi connectivity index (χ0) is 17.1. The lowest BCUT2D eigenvalue weighted by Gasteiger charge is -2.34. The van der Waals surface area contributed by atoms with Gasteiger partial charge in [0, 0.05) is 23.7 Å². The van der Waals surface area contributed by atoms with Gasteiger partial charge in [0.1, 0.15) is 0 Å². The molecule has 0 saturated carbocycles. The molecule has 0 spiro atoms. The minimum atomic E-state index is -0.918. The van der Waals surface area contributed by atoms with Gasteiger partial charge in [-0.05, 0) is 51.9 Å². The largest absolute Gasteiger partial charge is 0.478 e. The number of carbonyl (C=O) groups is 1. The molecule has 0 bridgehead atoms. The average molecular weight is 325 g/mol. The highest BCUT2D eigenvalue weighted by atomic mass is 16.4. The number of hydrogen-bond donors (Lipinski definition) is 1. The lowest BCUT2D eigenvalue weighted by atomic mass is 9.93. The Labute approximate surface area is 142 Å². The SMILES string of the molecule is CC(C)N1CCC(c2cncc(-c3ccc(C(=O)O)cc3)n2)CC1. The van der Waals surface area contributed by atoms with Crippen LogP contribution in [0.5, 0.6) is 0 Å². The topological polar surface area (TPSA) is 66.3 Å². The van der Waals surface area contributed by atoms with Gasteiger partial charge in [-0.2, -0.15) is 0 Å². The van der Waals surface area contributed by atoms with Gasteiger partial charge in [-0.3, -0.25) is 4.98 Å². The van der Waals surface area contributed by atoms with Crippen LogP contribution >= 0.6 is 0 Å². The fourth-order valence-electron chi connectivity index (χ4n) is 3.21. The Kier molecular flexibility index (Phi) is 4.90. The van der Waals surface area contributed by atoms with E-state index in [1.165, 1.54) is 0 Å². The van der Waals surface area contributed by atoms with Crippen LogP contribution in [-0.2, 0) is 0 Å². The third kappa shape index (κ3) is 3.62. The number of carboxylic acids is 1. The number of likely N-dealkylation sites (tertiary alicyclic amines) is 1. The highest BCUT2D eigenvalue weighted by molar-refractivity contribution is 5.88. The number of aromatic nitrogens is 2. The van der Waals surface area contributed by atoms with Gasteiger partial charge in [0.05, 0.1) is 23.1 Å². The Bertz CT molecular complexity index is 705. The molecular formula is C19H23N3O2. The molecule has 1 fully saturated rings. The van der Waals surface area contributed by atoms with Gasteiger partial charge in [0.25, 0.3) is 0 Å². The third-order valence-electron chi connectivity index (χ3n) is 4.76. The Balaban J connectivity index is 1.76. The number of nitrogens with zero attached hydrogens (tertiary/aromatic N) is 3. The number of aromatic carboxylic acids is 1. The summed E-state index contributed by atoms with van der Waals surface area (Å²) in [6.07, 6.45) is 5.82. The fraction of sp³-hybridized carbons (Fsp3) is 0.421. The fourth-order valence-corrected chi connectivity index (χ4v) is 3.21. The Morgan fingerprint density at radius 1 is 1.17 bits per heavy atom. The van der Waals surface area contributed by atoms with Gasteiger partial charge in [0.15, 0.2) is 0 Å². The molecule has 1 saturated heterocycles. The molecule has 0 atom stereocenters. The van der Waals surface area contributed by atoms with E-state index in [0.717, 1.165) is 42.9 Å². The number of benzene rings is 1. The predicted octanol–water partition coefficient (Wildman–Crippen LogP) is 3.43. The molecule has 2 aromatic rings. The van der Waals surface area contributed by atoms with E-state index in [4.69, 9.17) is 10.1 Å². The molecule has 0 aliphatic carbocycles. The molecule has 126 valence electrons. The maximum atomic E-state index is 11.0. The minimum Gasteiger partial charge on any atom is -0.478 e. The van der Waals surface area contributed by atoms with Crippen molar-refractivity contribution in [1.29, 1.82) is 0 Å². The van der Waals surface area contributed by atoms with E-state index in [2.05, 4.69) is 23.7 Å². The van der Waals surface area contributed by atoms with Crippen LogP contribution < -0.4 is 0 Å². The van der Waals surface area contributed by atoms with E-state index >= 15 is 0 Å². The number of piperidine rings is 1. The van der Waals surface area contributed by atoms with E-state index in [1.54, 1.807) is 30.5 Å². The standard InChI is InChI=1S/C19H23N3O2/c1-13(2)22-9-7-15(8-10-22)18-12-20-11-17(21-18)14-3-5-16(6-4-14)19(23)24/h3-6,11-13,15H,7-10H2,1-2H3,(H,23,24). The van der Waals surface area contributed by atoms with Crippen LogP contribution in [0.3, 0.4) is 0 Å². The summed E-state index contributed by atoms with van der Waals surface area (Å²) >= 11 is 0. The molecule has 1 N–H and O–H groups in total. The van der Waals surface area contributed by atoms with Crippen LogP contribution in [0.25, 0.3) is 11.3 Å². The van der Waals surface area contributed by atoms with Crippen molar-refractivity contribution in [2.75, 3.05) is 13.1 Å². The Morgan fingerprint density at radius 3 is 2.42 bits per heavy atom. The molecular weight excluding hydrogens is 302 g/mol. The number of hydrogen-bond acceptors (Lipinski definition) is 4. The number of rotatable bonds is 4. The molecule has 0 radical (unpaired) electrons. The quantitative estimate of drug-likeness (QED) is 0.933. The van der Waals surface area contributed by atoms with Crippen molar-refractivity contribution in [3.63, 3.8) is 0 Å². The van der Waals surface area contributed by atoms with Crippen LogP contribution in [-0.4, -0.2) is 45.1 Å². The number of carboxylic acid groups (broad SMARTS) is 1. The normalized spacial score (nSPS) is 16.5. The van der Waals surface area contributed by atoms with Gasteiger partial charge in [-0.25, -0.2) is 9.78 Å². The molecule has 0 amide bonds. The van der Waals surface area contributed by atoms with E-state index in [-0.39, 0.29) is 5.56 Å². The first-order valence-electron chi connectivity index (χ1n) is 8.44. The zero-order valence-electron chi connectivity index (χ0n) is 14.1. The molecule has 1 aliphatic rings. The second kappa shape index (κ2) is 7.09. The van der Waals surface area contributed by atoms with Crippen molar-refractivity contribution in [3.05, 3.63) is 47.9 Å². The van der Waals surface area contributed by atoms with Crippen molar-refractivity contribution < 1.29 is 9.90 Å². The summed E-state index contributed by atoms with van der Waals surface area (Å²) in [6, 6.07) is 7.38. The molecule has 24 heavy (non-hydrogen) atoms. The van der Waals surface area contributed by atoms with Crippen LogP contribution in [0.4, 0.5) is 0 Å². The summed E-state index contributed by atoms with van der Waals surface area (Å²) in [4.78, 5) is 22.6. The molecule has 2 heterocycles. The van der Waals surface area contributed by atoms with Crippen molar-refractivity contribution in [3.8, 4) is 11.3 Å². The van der Waals surface area contributed by atoms with Gasteiger partial charge in [0.2, 0.25) is 0 Å². The van der Waals surface area contributed by atoms with Crippen molar-refractivity contribution >= 4 is 5.97 Å². The second-order valence-corrected chi connectivity index (χ2v) is 6.62. The van der Waals surface area contributed by atoms with Crippen LogP contribution in [0.15, 0.2) is 36.7 Å². The van der Waals surface area contributed by atoms with E-state index in [0.29, 0.717) is 12.0 Å². The van der Waals surface area contributed by atoms with Gasteiger partial charge >= 0.3 is 5.97 Å². The summed E-state index contributed by atoms with van der Waals surface area (Å²) in [5.41, 5.74) is 3.02. The van der Waals surface area contributed by atoms with Gasteiger partial charge in [-0.1, -0.05) is 12.1 Å². The monoisotopic (exact) mass is 325 g/mol. The molecule has 5 heteroatoms.